The number of hydrogen-bond donors (Lipinski definition) is 1. The lowest BCUT2D eigenvalue weighted by atomic mass is 10.2. The second-order valence-electron chi connectivity index (χ2n) is 6.09. The number of nitro benzene ring substituents is 1. The molecule has 29 heavy (non-hydrogen) atoms. The average Bonchev–Trinajstić information content (AvgIpc) is 3.16. The molecule has 0 saturated carbocycles. The topological polar surface area (TPSA) is 112 Å². The number of rotatable bonds is 6. The number of hydrogen-bond acceptors (Lipinski definition) is 6. The first-order valence-electron chi connectivity index (χ1n) is 8.69. The van der Waals surface area contributed by atoms with Crippen molar-refractivity contribution in [1.29, 1.82) is 0 Å². The van der Waals surface area contributed by atoms with Crippen molar-refractivity contribution in [2.45, 2.75) is 0 Å². The Hall–Kier alpha value is -4.27. The van der Waals surface area contributed by atoms with Gasteiger partial charge in [0.2, 0.25) is 0 Å². The molecule has 9 heteroatoms. The lowest BCUT2D eigenvalue weighted by molar-refractivity contribution is -0.385. The Morgan fingerprint density at radius 2 is 1.72 bits per heavy atom. The molecule has 0 unspecified atom stereocenters. The Kier molecular flexibility index (Phi) is 4.85. The largest absolute Gasteiger partial charge is 0.477 e. The van der Waals surface area contributed by atoms with Crippen LogP contribution in [0, 0.1) is 10.1 Å². The van der Waals surface area contributed by atoms with Gasteiger partial charge in [0, 0.05) is 11.8 Å². The molecule has 0 aliphatic rings. The van der Waals surface area contributed by atoms with Crippen LogP contribution in [0.2, 0.25) is 0 Å². The number of amides is 1. The zero-order chi connectivity index (χ0) is 20.2. The molecule has 1 N–H and O–H groups in total. The molecule has 3 aromatic carbocycles. The predicted molar refractivity (Wildman–Crippen MR) is 106 cm³/mol. The zero-order valence-corrected chi connectivity index (χ0v) is 15.1. The standard InChI is InChI=1S/C20H15N5O4/c26-20(13-29-19-9-5-4-8-18(19)25(27)28)21-14-10-11-16-17(12-14)23-24(22-16)15-6-2-1-3-7-15/h1-12H,13H2,(H,21,26). The Morgan fingerprint density at radius 3 is 2.52 bits per heavy atom. The van der Waals surface area contributed by atoms with Crippen molar-refractivity contribution >= 4 is 28.3 Å². The molecular formula is C20H15N5O4. The summed E-state index contributed by atoms with van der Waals surface area (Å²) in [6, 6.07) is 20.5. The number of nitrogens with zero attached hydrogens (tertiary/aromatic N) is 4. The van der Waals surface area contributed by atoms with Gasteiger partial charge in [-0.2, -0.15) is 4.80 Å². The third-order valence-corrected chi connectivity index (χ3v) is 4.07. The van der Waals surface area contributed by atoms with Gasteiger partial charge in [-0.1, -0.05) is 30.3 Å². The minimum absolute atomic E-state index is 0.0360. The van der Waals surface area contributed by atoms with Gasteiger partial charge in [-0.15, -0.1) is 10.2 Å². The molecule has 0 fully saturated rings. The summed E-state index contributed by atoms with van der Waals surface area (Å²) in [5, 5.41) is 22.5. The molecule has 1 heterocycles. The fourth-order valence-electron chi connectivity index (χ4n) is 2.74. The van der Waals surface area contributed by atoms with Crippen molar-refractivity contribution < 1.29 is 14.5 Å². The monoisotopic (exact) mass is 389 g/mol. The van der Waals surface area contributed by atoms with E-state index in [9.17, 15) is 14.9 Å². The number of carbonyl (C=O) groups is 1. The summed E-state index contributed by atoms with van der Waals surface area (Å²) >= 11 is 0. The van der Waals surface area contributed by atoms with Crippen molar-refractivity contribution in [1.82, 2.24) is 15.0 Å². The highest BCUT2D eigenvalue weighted by Crippen LogP contribution is 2.25. The maximum absolute atomic E-state index is 12.2. The fourth-order valence-corrected chi connectivity index (χ4v) is 2.74. The molecule has 1 amide bonds. The fraction of sp³-hybridized carbons (Fsp3) is 0.0500. The molecule has 4 rings (SSSR count). The molecule has 144 valence electrons. The first-order chi connectivity index (χ1) is 14.1. The van der Waals surface area contributed by atoms with Crippen molar-refractivity contribution in [3.05, 3.63) is 82.9 Å². The number of nitro groups is 1. The maximum Gasteiger partial charge on any atom is 0.310 e. The van der Waals surface area contributed by atoms with Crippen molar-refractivity contribution in [2.24, 2.45) is 0 Å². The summed E-state index contributed by atoms with van der Waals surface area (Å²) in [4.78, 5) is 24.1. The highest BCUT2D eigenvalue weighted by Gasteiger charge is 2.15. The molecule has 1 aromatic heterocycles. The predicted octanol–water partition coefficient (Wildman–Crippen LogP) is 3.35. The Bertz CT molecular complexity index is 1190. The Morgan fingerprint density at radius 1 is 1.00 bits per heavy atom. The van der Waals surface area contributed by atoms with Crippen molar-refractivity contribution in [3.8, 4) is 11.4 Å². The molecule has 0 aliphatic heterocycles. The van der Waals surface area contributed by atoms with Gasteiger partial charge >= 0.3 is 5.69 Å². The molecular weight excluding hydrogens is 374 g/mol. The van der Waals surface area contributed by atoms with Gasteiger partial charge in [-0.25, -0.2) is 0 Å². The van der Waals surface area contributed by atoms with E-state index in [0.717, 1.165) is 5.69 Å². The quantitative estimate of drug-likeness (QED) is 0.400. The summed E-state index contributed by atoms with van der Waals surface area (Å²) in [7, 11) is 0. The van der Waals surface area contributed by atoms with Gasteiger partial charge in [0.25, 0.3) is 5.91 Å². The van der Waals surface area contributed by atoms with Crippen LogP contribution in [0.4, 0.5) is 11.4 Å². The third kappa shape index (κ3) is 4.03. The van der Waals surface area contributed by atoms with E-state index in [4.69, 9.17) is 4.74 Å². The number of benzene rings is 3. The summed E-state index contributed by atoms with van der Waals surface area (Å²) in [5.74, 6) is -0.410. The van der Waals surface area contributed by atoms with Crippen LogP contribution in [0.5, 0.6) is 5.75 Å². The normalized spacial score (nSPS) is 10.6. The van der Waals surface area contributed by atoms with Gasteiger partial charge < -0.3 is 10.1 Å². The van der Waals surface area contributed by atoms with Crippen LogP contribution in [0.1, 0.15) is 0 Å². The minimum Gasteiger partial charge on any atom is -0.477 e. The molecule has 0 bridgehead atoms. The summed E-state index contributed by atoms with van der Waals surface area (Å²) in [6.07, 6.45) is 0. The van der Waals surface area contributed by atoms with Crippen LogP contribution in [-0.4, -0.2) is 32.4 Å². The van der Waals surface area contributed by atoms with Crippen LogP contribution >= 0.6 is 0 Å². The van der Waals surface area contributed by atoms with Crippen LogP contribution in [0.25, 0.3) is 16.7 Å². The van der Waals surface area contributed by atoms with Gasteiger partial charge in [0.15, 0.2) is 12.4 Å². The maximum atomic E-state index is 12.2. The van der Waals surface area contributed by atoms with Crippen LogP contribution in [0.3, 0.4) is 0 Å². The second-order valence-corrected chi connectivity index (χ2v) is 6.09. The van der Waals surface area contributed by atoms with E-state index >= 15 is 0 Å². The molecule has 0 spiro atoms. The number of ether oxygens (including phenoxy) is 1. The van der Waals surface area contributed by atoms with E-state index in [1.165, 1.54) is 23.0 Å². The van der Waals surface area contributed by atoms with E-state index in [1.807, 2.05) is 30.3 Å². The van der Waals surface area contributed by atoms with Gasteiger partial charge in [-0.05, 0) is 36.4 Å². The Balaban J connectivity index is 1.45. The number of carbonyl (C=O) groups excluding carboxylic acids is 1. The first-order valence-corrected chi connectivity index (χ1v) is 8.69. The molecule has 4 aromatic rings. The second kappa shape index (κ2) is 7.77. The summed E-state index contributed by atoms with van der Waals surface area (Å²) in [5.41, 5.74) is 2.45. The Labute approximate surface area is 164 Å². The summed E-state index contributed by atoms with van der Waals surface area (Å²) in [6.45, 7) is -0.362. The number of anilines is 1. The van der Waals surface area contributed by atoms with E-state index in [2.05, 4.69) is 15.5 Å². The molecule has 0 aliphatic carbocycles. The van der Waals surface area contributed by atoms with E-state index in [1.54, 1.807) is 24.3 Å². The van der Waals surface area contributed by atoms with E-state index in [-0.39, 0.29) is 18.0 Å². The number of fused-ring (bicyclic) bond motifs is 1. The number of aromatic nitrogens is 3. The summed E-state index contributed by atoms with van der Waals surface area (Å²) < 4.78 is 5.30. The van der Waals surface area contributed by atoms with Crippen molar-refractivity contribution in [3.63, 3.8) is 0 Å². The zero-order valence-electron chi connectivity index (χ0n) is 15.1. The van der Waals surface area contributed by atoms with Gasteiger partial charge in [0.05, 0.1) is 10.6 Å². The molecule has 0 saturated heterocycles. The highest BCUT2D eigenvalue weighted by molar-refractivity contribution is 5.93. The lowest BCUT2D eigenvalue weighted by Crippen LogP contribution is -2.20. The third-order valence-electron chi connectivity index (χ3n) is 4.07. The molecule has 0 radical (unpaired) electrons. The lowest BCUT2D eigenvalue weighted by Gasteiger charge is -2.07. The molecule has 0 atom stereocenters. The minimum atomic E-state index is -0.558. The molecule has 9 nitrogen and oxygen atoms in total. The van der Waals surface area contributed by atoms with Crippen LogP contribution < -0.4 is 10.1 Å². The van der Waals surface area contributed by atoms with Crippen LogP contribution in [-0.2, 0) is 4.79 Å². The van der Waals surface area contributed by atoms with E-state index in [0.29, 0.717) is 16.7 Å². The first kappa shape index (κ1) is 18.1. The van der Waals surface area contributed by atoms with Crippen LogP contribution in [0.15, 0.2) is 72.8 Å². The number of nitrogens with one attached hydrogen (secondary N) is 1. The number of para-hydroxylation sites is 3. The van der Waals surface area contributed by atoms with Crippen molar-refractivity contribution in [2.75, 3.05) is 11.9 Å². The van der Waals surface area contributed by atoms with Gasteiger partial charge in [0.1, 0.15) is 11.0 Å². The smallest absolute Gasteiger partial charge is 0.310 e. The average molecular weight is 389 g/mol. The SMILES string of the molecule is O=C(COc1ccccc1[N+](=O)[O-])Nc1ccc2nn(-c3ccccc3)nc2c1. The highest BCUT2D eigenvalue weighted by atomic mass is 16.6. The van der Waals surface area contributed by atoms with Gasteiger partial charge in [-0.3, -0.25) is 14.9 Å². The van der Waals surface area contributed by atoms with E-state index < -0.39 is 10.8 Å².